The van der Waals surface area contributed by atoms with Gasteiger partial charge < -0.3 is 5.32 Å². The number of amides is 1. The lowest BCUT2D eigenvalue weighted by Gasteiger charge is -2.28. The van der Waals surface area contributed by atoms with Crippen LogP contribution in [0.2, 0.25) is 0 Å². The van der Waals surface area contributed by atoms with Gasteiger partial charge in [-0.25, -0.2) is 4.98 Å². The van der Waals surface area contributed by atoms with Crippen molar-refractivity contribution < 1.29 is 4.79 Å². The molecule has 1 amide bonds. The Labute approximate surface area is 112 Å². The van der Waals surface area contributed by atoms with Crippen LogP contribution in [0.4, 0.5) is 5.82 Å². The van der Waals surface area contributed by atoms with E-state index in [-0.39, 0.29) is 17.4 Å². The van der Waals surface area contributed by atoms with Gasteiger partial charge in [0.1, 0.15) is 5.82 Å². The summed E-state index contributed by atoms with van der Waals surface area (Å²) in [6.45, 7) is 7.14. The average molecular weight is 267 g/mol. The van der Waals surface area contributed by atoms with Gasteiger partial charge in [0.15, 0.2) is 0 Å². The molecule has 0 saturated carbocycles. The quantitative estimate of drug-likeness (QED) is 0.893. The zero-order valence-corrected chi connectivity index (χ0v) is 12.3. The summed E-state index contributed by atoms with van der Waals surface area (Å²) in [6.07, 6.45) is 1.94. The van der Waals surface area contributed by atoms with E-state index >= 15 is 0 Å². The molecule has 1 fully saturated rings. The molecule has 1 aliphatic rings. The fraction of sp³-hybridized carbons (Fsp3) is 0.692. The summed E-state index contributed by atoms with van der Waals surface area (Å²) in [5.74, 6) is 0.950. The van der Waals surface area contributed by atoms with E-state index < -0.39 is 0 Å². The summed E-state index contributed by atoms with van der Waals surface area (Å²) in [5, 5.41) is 6.10. The molecule has 1 unspecified atom stereocenters. The fourth-order valence-corrected chi connectivity index (χ4v) is 2.97. The van der Waals surface area contributed by atoms with Crippen molar-refractivity contribution in [3.63, 3.8) is 0 Å². The third kappa shape index (κ3) is 2.72. The maximum absolute atomic E-state index is 12.5. The van der Waals surface area contributed by atoms with Crippen molar-refractivity contribution in [2.75, 3.05) is 18.5 Å². The van der Waals surface area contributed by atoms with Gasteiger partial charge in [0.25, 0.3) is 0 Å². The molecule has 4 nitrogen and oxygen atoms in total. The number of hydrogen-bond donors (Lipinski definition) is 1. The third-order valence-electron chi connectivity index (χ3n) is 3.49. The first-order chi connectivity index (χ1) is 8.43. The Bertz CT molecular complexity index is 441. The van der Waals surface area contributed by atoms with Gasteiger partial charge in [-0.05, 0) is 32.2 Å². The van der Waals surface area contributed by atoms with Crippen LogP contribution in [0.1, 0.15) is 31.7 Å². The molecule has 1 aromatic rings. The van der Waals surface area contributed by atoms with Gasteiger partial charge in [0.05, 0.1) is 11.0 Å². The van der Waals surface area contributed by atoms with Crippen LogP contribution >= 0.6 is 11.3 Å². The monoisotopic (exact) mass is 267 g/mol. The molecule has 2 rings (SSSR count). The Morgan fingerprint density at radius 1 is 1.56 bits per heavy atom. The molecule has 1 saturated heterocycles. The van der Waals surface area contributed by atoms with Crippen LogP contribution in [0.3, 0.4) is 0 Å². The second kappa shape index (κ2) is 4.97. The minimum absolute atomic E-state index is 0.0891. The summed E-state index contributed by atoms with van der Waals surface area (Å²) >= 11 is 1.59. The smallest absolute Gasteiger partial charge is 0.245 e. The second-order valence-corrected chi connectivity index (χ2v) is 6.76. The number of carbonyl (C=O) groups excluding carboxylic acids is 1. The summed E-state index contributed by atoms with van der Waals surface area (Å²) in [5.41, 5.74) is 0.138. The number of likely N-dealkylation sites (N-methyl/N-ethyl adjacent to an activating group) is 1. The lowest BCUT2D eigenvalue weighted by molar-refractivity contribution is -0.120. The molecule has 0 radical (unpaired) electrons. The first-order valence-electron chi connectivity index (χ1n) is 6.34. The van der Waals surface area contributed by atoms with Crippen LogP contribution < -0.4 is 10.2 Å². The van der Waals surface area contributed by atoms with Gasteiger partial charge in [0, 0.05) is 11.9 Å². The number of hydrogen-bond acceptors (Lipinski definition) is 4. The maximum Gasteiger partial charge on any atom is 0.245 e. The first-order valence-corrected chi connectivity index (χ1v) is 7.22. The molecule has 1 atom stereocenters. The van der Waals surface area contributed by atoms with E-state index in [1.165, 1.54) is 0 Å². The lowest BCUT2D eigenvalue weighted by Crippen LogP contribution is -2.45. The molecule has 100 valence electrons. The molecule has 0 aliphatic carbocycles. The van der Waals surface area contributed by atoms with Gasteiger partial charge in [-0.2, -0.15) is 0 Å². The van der Waals surface area contributed by atoms with Gasteiger partial charge in [-0.3, -0.25) is 9.69 Å². The van der Waals surface area contributed by atoms with Crippen molar-refractivity contribution in [3.05, 3.63) is 10.4 Å². The number of aryl methyl sites for hydroxylation is 1. The molecule has 1 N–H and O–H groups in total. The Balaban J connectivity index is 2.32. The normalized spacial score (nSPS) is 24.1. The molecule has 18 heavy (non-hydrogen) atoms. The van der Waals surface area contributed by atoms with E-state index in [1.54, 1.807) is 11.3 Å². The zero-order chi connectivity index (χ0) is 13.3. The van der Waals surface area contributed by atoms with E-state index in [9.17, 15) is 4.79 Å². The molecule has 0 spiro atoms. The number of nitrogens with zero attached hydrogens (tertiary/aromatic N) is 2. The maximum atomic E-state index is 12.5. The van der Waals surface area contributed by atoms with E-state index in [2.05, 4.69) is 24.1 Å². The highest BCUT2D eigenvalue weighted by Gasteiger charge is 2.35. The number of rotatable bonds is 2. The van der Waals surface area contributed by atoms with Crippen LogP contribution in [-0.4, -0.2) is 30.5 Å². The predicted octanol–water partition coefficient (Wildman–Crippen LogP) is 2.19. The number of aromatic nitrogens is 1. The number of thiazole rings is 1. The number of anilines is 1. The van der Waals surface area contributed by atoms with E-state index in [0.717, 1.165) is 30.2 Å². The van der Waals surface area contributed by atoms with Crippen LogP contribution in [0, 0.1) is 12.3 Å². The highest BCUT2D eigenvalue weighted by molar-refractivity contribution is 7.09. The van der Waals surface area contributed by atoms with Gasteiger partial charge >= 0.3 is 0 Å². The molecule has 2 heterocycles. The van der Waals surface area contributed by atoms with Gasteiger partial charge in [-0.15, -0.1) is 11.3 Å². The predicted molar refractivity (Wildman–Crippen MR) is 75.1 cm³/mol. The largest absolute Gasteiger partial charge is 0.309 e. The number of carbonyl (C=O) groups is 1. The highest BCUT2D eigenvalue weighted by Crippen LogP contribution is 2.31. The number of nitrogens with one attached hydrogen (secondary N) is 1. The molecular formula is C13H21N3OS. The van der Waals surface area contributed by atoms with E-state index in [4.69, 9.17) is 0 Å². The SMILES string of the molecule is CNC1CCC(C)(C)CN(c2csc(C)n2)C1=O. The minimum Gasteiger partial charge on any atom is -0.309 e. The average Bonchev–Trinajstić information content (AvgIpc) is 2.68. The molecule has 1 aliphatic heterocycles. The first kappa shape index (κ1) is 13.5. The van der Waals surface area contributed by atoms with E-state index in [1.807, 2.05) is 24.3 Å². The minimum atomic E-state index is -0.0891. The summed E-state index contributed by atoms with van der Waals surface area (Å²) in [7, 11) is 1.85. The Morgan fingerprint density at radius 2 is 2.28 bits per heavy atom. The van der Waals surface area contributed by atoms with Crippen molar-refractivity contribution in [1.82, 2.24) is 10.3 Å². The van der Waals surface area contributed by atoms with Crippen molar-refractivity contribution in [2.24, 2.45) is 5.41 Å². The lowest BCUT2D eigenvalue weighted by atomic mass is 9.87. The van der Waals surface area contributed by atoms with Crippen LogP contribution in [0.5, 0.6) is 0 Å². The van der Waals surface area contributed by atoms with Crippen molar-refractivity contribution >= 4 is 23.1 Å². The van der Waals surface area contributed by atoms with E-state index in [0.29, 0.717) is 0 Å². The molecule has 5 heteroatoms. The molecular weight excluding hydrogens is 246 g/mol. The summed E-state index contributed by atoms with van der Waals surface area (Å²) in [6, 6.07) is -0.0891. The summed E-state index contributed by atoms with van der Waals surface area (Å²) in [4.78, 5) is 18.8. The topological polar surface area (TPSA) is 45.2 Å². The van der Waals surface area contributed by atoms with Crippen LogP contribution in [-0.2, 0) is 4.79 Å². The Kier molecular flexibility index (Phi) is 3.73. The molecule has 1 aromatic heterocycles. The standard InChI is InChI=1S/C13H21N3OS/c1-9-15-11(7-18-9)16-8-13(2,3)6-5-10(14-4)12(16)17/h7,10,14H,5-6,8H2,1-4H3. The molecule has 0 aromatic carbocycles. The van der Waals surface area contributed by atoms with Crippen molar-refractivity contribution in [2.45, 2.75) is 39.7 Å². The van der Waals surface area contributed by atoms with Crippen molar-refractivity contribution in [1.29, 1.82) is 0 Å². The van der Waals surface area contributed by atoms with Crippen molar-refractivity contribution in [3.8, 4) is 0 Å². The molecule has 0 bridgehead atoms. The van der Waals surface area contributed by atoms with Crippen LogP contribution in [0.15, 0.2) is 5.38 Å². The third-order valence-corrected chi connectivity index (χ3v) is 4.25. The summed E-state index contributed by atoms with van der Waals surface area (Å²) < 4.78 is 0. The van der Waals surface area contributed by atoms with Gasteiger partial charge in [0.2, 0.25) is 5.91 Å². The zero-order valence-electron chi connectivity index (χ0n) is 11.5. The highest BCUT2D eigenvalue weighted by atomic mass is 32.1. The Hall–Kier alpha value is -0.940. The van der Waals surface area contributed by atoms with Gasteiger partial charge in [-0.1, -0.05) is 13.8 Å². The second-order valence-electron chi connectivity index (χ2n) is 5.69. The Morgan fingerprint density at radius 3 is 2.83 bits per heavy atom. The van der Waals surface area contributed by atoms with Crippen LogP contribution in [0.25, 0.3) is 0 Å². The fourth-order valence-electron chi connectivity index (χ4n) is 2.37.